The number of aromatic hydroxyl groups is 2. The number of phenolic OH excluding ortho intramolecular Hbond substituents is 2. The van der Waals surface area contributed by atoms with Crippen LogP contribution in [0.15, 0.2) is 78.6 Å². The van der Waals surface area contributed by atoms with Crippen LogP contribution in [0.3, 0.4) is 0 Å². The van der Waals surface area contributed by atoms with Crippen LogP contribution in [0.5, 0.6) is 17.2 Å². The maximum Gasteiger partial charge on any atom is 0.161 e. The number of aromatic nitrogens is 2. The SMILES string of the molecule is O=C(CCc1ccc(O)c(OC2CCCC2)c1)[C@H](CCO)C(=O)[C@@H]1C(C[N-]c2ccc[nH]2)=Cc2[n-]ccc2[C@H]1CCCCc1cccc(O)c1. The first-order valence-electron chi connectivity index (χ1n) is 18.0. The average Bonchev–Trinajstić information content (AvgIpc) is 3.92. The number of nitrogens with one attached hydrogen (secondary N) is 1. The van der Waals surface area contributed by atoms with E-state index >= 15 is 0 Å². The number of fused-ring (bicyclic) bond motifs is 1. The van der Waals surface area contributed by atoms with E-state index < -0.39 is 11.8 Å². The molecule has 4 N–H and O–H groups in total. The summed E-state index contributed by atoms with van der Waals surface area (Å²) in [5.41, 5.74) is 4.55. The first-order valence-corrected chi connectivity index (χ1v) is 18.0. The smallest absolute Gasteiger partial charge is 0.161 e. The van der Waals surface area contributed by atoms with E-state index in [0.717, 1.165) is 72.9 Å². The quantitative estimate of drug-likeness (QED) is 0.0623. The zero-order valence-electron chi connectivity index (χ0n) is 28.5. The summed E-state index contributed by atoms with van der Waals surface area (Å²) in [6.07, 6.45) is 13.5. The maximum atomic E-state index is 14.7. The molecular weight excluding hydrogens is 630 g/mol. The summed E-state index contributed by atoms with van der Waals surface area (Å²) in [6, 6.07) is 18.2. The van der Waals surface area contributed by atoms with Crippen molar-refractivity contribution in [3.63, 3.8) is 0 Å². The fourth-order valence-corrected chi connectivity index (χ4v) is 7.59. The second-order valence-electron chi connectivity index (χ2n) is 13.6. The fraction of sp³-hybridized carbons (Fsp3) is 0.415. The topological polar surface area (TPSA) is 148 Å². The number of carbonyl (C=O) groups excluding carboxylic acids is 2. The summed E-state index contributed by atoms with van der Waals surface area (Å²) in [6.45, 7) is -0.00253. The molecule has 9 nitrogen and oxygen atoms in total. The molecule has 0 saturated heterocycles. The molecule has 0 aliphatic heterocycles. The van der Waals surface area contributed by atoms with Gasteiger partial charge < -0.3 is 35.3 Å². The summed E-state index contributed by atoms with van der Waals surface area (Å²) < 4.78 is 6.07. The number of aliphatic hydroxyl groups is 1. The first kappa shape index (κ1) is 35.1. The van der Waals surface area contributed by atoms with Gasteiger partial charge in [-0.3, -0.25) is 9.59 Å². The van der Waals surface area contributed by atoms with Crippen LogP contribution in [0.1, 0.15) is 86.1 Å². The number of ketones is 2. The Hall–Kier alpha value is -4.76. The molecule has 9 heteroatoms. The van der Waals surface area contributed by atoms with Gasteiger partial charge in [0.1, 0.15) is 11.5 Å². The van der Waals surface area contributed by atoms with Crippen LogP contribution >= 0.6 is 0 Å². The van der Waals surface area contributed by atoms with Crippen molar-refractivity contribution >= 4 is 23.5 Å². The van der Waals surface area contributed by atoms with Crippen molar-refractivity contribution < 1.29 is 29.6 Å². The number of aromatic amines is 1. The van der Waals surface area contributed by atoms with E-state index in [1.54, 1.807) is 42.7 Å². The molecule has 3 atom stereocenters. The van der Waals surface area contributed by atoms with E-state index in [0.29, 0.717) is 24.4 Å². The van der Waals surface area contributed by atoms with Crippen LogP contribution in [0.2, 0.25) is 0 Å². The number of H-pyrrole nitrogens is 1. The molecule has 2 aromatic heterocycles. The molecule has 6 rings (SSSR count). The third-order valence-electron chi connectivity index (χ3n) is 10.2. The zero-order chi connectivity index (χ0) is 34.9. The minimum atomic E-state index is -0.968. The molecule has 1 fully saturated rings. The van der Waals surface area contributed by atoms with E-state index in [9.17, 15) is 24.9 Å². The van der Waals surface area contributed by atoms with Gasteiger partial charge >= 0.3 is 0 Å². The largest absolute Gasteiger partial charge is 0.664 e. The van der Waals surface area contributed by atoms with Crippen LogP contribution in [-0.2, 0) is 22.4 Å². The minimum absolute atomic E-state index is 0.0528. The molecule has 0 radical (unpaired) electrons. The Morgan fingerprint density at radius 1 is 0.980 bits per heavy atom. The van der Waals surface area contributed by atoms with Gasteiger partial charge in [-0.25, -0.2) is 0 Å². The molecule has 50 heavy (non-hydrogen) atoms. The second kappa shape index (κ2) is 16.8. The molecule has 2 aliphatic carbocycles. The Kier molecular flexibility index (Phi) is 11.8. The van der Waals surface area contributed by atoms with Crippen LogP contribution in [0, 0.1) is 11.8 Å². The molecule has 0 amide bonds. The lowest BCUT2D eigenvalue weighted by Gasteiger charge is -2.37. The van der Waals surface area contributed by atoms with Crippen molar-refractivity contribution in [2.24, 2.45) is 11.8 Å². The summed E-state index contributed by atoms with van der Waals surface area (Å²) in [5.74, 6) is -0.677. The highest BCUT2D eigenvalue weighted by molar-refractivity contribution is 6.05. The van der Waals surface area contributed by atoms with Gasteiger partial charge in [0.2, 0.25) is 0 Å². The van der Waals surface area contributed by atoms with Crippen molar-refractivity contribution in [3.05, 3.63) is 106 Å². The van der Waals surface area contributed by atoms with Gasteiger partial charge in [0, 0.05) is 18.9 Å². The van der Waals surface area contributed by atoms with Crippen LogP contribution in [0.4, 0.5) is 5.82 Å². The lowest BCUT2D eigenvalue weighted by Crippen LogP contribution is -2.37. The molecule has 2 aliphatic rings. The Bertz CT molecular complexity index is 1750. The normalized spacial score (nSPS) is 18.0. The number of aryl methyl sites for hydroxylation is 2. The minimum Gasteiger partial charge on any atom is -0.664 e. The van der Waals surface area contributed by atoms with Gasteiger partial charge in [0.25, 0.3) is 0 Å². The molecule has 2 heterocycles. The van der Waals surface area contributed by atoms with Crippen LogP contribution in [-0.4, -0.2) is 51.1 Å². The molecule has 1 saturated carbocycles. The molecule has 264 valence electrons. The monoisotopic (exact) mass is 677 g/mol. The Balaban J connectivity index is 1.20. The Morgan fingerprint density at radius 3 is 2.60 bits per heavy atom. The number of hydrogen-bond donors (Lipinski definition) is 4. The number of benzene rings is 2. The van der Waals surface area contributed by atoms with Crippen LogP contribution in [0.25, 0.3) is 11.4 Å². The number of nitrogens with zero attached hydrogens (tertiary/aromatic N) is 2. The fourth-order valence-electron chi connectivity index (χ4n) is 7.59. The van der Waals surface area contributed by atoms with Gasteiger partial charge in [0.15, 0.2) is 17.3 Å². The van der Waals surface area contributed by atoms with Gasteiger partial charge in [-0.1, -0.05) is 72.0 Å². The number of phenols is 2. The molecule has 2 aromatic carbocycles. The van der Waals surface area contributed by atoms with Crippen molar-refractivity contribution in [2.75, 3.05) is 13.2 Å². The van der Waals surface area contributed by atoms with Gasteiger partial charge in [-0.15, -0.1) is 5.69 Å². The molecular formula is C41H47N3O6-2. The Morgan fingerprint density at radius 2 is 1.82 bits per heavy atom. The predicted octanol–water partition coefficient (Wildman–Crippen LogP) is 7.69. The summed E-state index contributed by atoms with van der Waals surface area (Å²) in [7, 11) is 0. The Labute approximate surface area is 293 Å². The van der Waals surface area contributed by atoms with Crippen molar-refractivity contribution in [2.45, 2.75) is 82.7 Å². The van der Waals surface area contributed by atoms with E-state index in [-0.39, 0.29) is 61.1 Å². The summed E-state index contributed by atoms with van der Waals surface area (Å²) >= 11 is 0. The second-order valence-corrected chi connectivity index (χ2v) is 13.6. The van der Waals surface area contributed by atoms with E-state index in [1.807, 2.05) is 36.4 Å². The standard InChI is InChI=1S/C41H47N3O6/c45-22-19-34(36(47)16-14-28-15-17-37(48)38(24-28)50-31-10-2-3-11-31)41(49)40-29(26-44-39-13-6-20-43-39)25-35-32(18-21-42-35)33(40)12-4-1-7-27-8-5-9-30(46)23-27/h5-6,8-9,13,15,17-18,20-21,23-25,31,33-34,40,43,45-46,48H,1-4,7,10-12,14,16,19,22,26H2/q-2/t33-,34+,40-/m1/s1. The van der Waals surface area contributed by atoms with Gasteiger partial charge in [0.05, 0.1) is 12.0 Å². The highest BCUT2D eigenvalue weighted by Gasteiger charge is 2.39. The third-order valence-corrected chi connectivity index (χ3v) is 10.2. The average molecular weight is 678 g/mol. The number of rotatable bonds is 18. The number of aliphatic hydroxyl groups excluding tert-OH is 1. The number of ether oxygens (including phenoxy) is 1. The molecule has 4 aromatic rings. The lowest BCUT2D eigenvalue weighted by atomic mass is 9.69. The number of carbonyl (C=O) groups is 2. The van der Waals surface area contributed by atoms with E-state index in [2.05, 4.69) is 9.97 Å². The predicted molar refractivity (Wildman–Crippen MR) is 193 cm³/mol. The first-order chi connectivity index (χ1) is 24.4. The van der Waals surface area contributed by atoms with Crippen molar-refractivity contribution in [1.82, 2.24) is 9.97 Å². The maximum absolute atomic E-state index is 14.7. The van der Waals surface area contributed by atoms with Gasteiger partial charge in [-0.2, -0.15) is 6.20 Å². The summed E-state index contributed by atoms with van der Waals surface area (Å²) in [5, 5.41) is 35.1. The lowest BCUT2D eigenvalue weighted by molar-refractivity contribution is -0.135. The number of hydrogen-bond acceptors (Lipinski definition) is 6. The molecule has 0 spiro atoms. The molecule has 0 unspecified atom stereocenters. The number of unbranched alkanes of at least 4 members (excludes halogenated alkanes) is 1. The highest BCUT2D eigenvalue weighted by Crippen LogP contribution is 2.44. The zero-order valence-corrected chi connectivity index (χ0v) is 28.5. The highest BCUT2D eigenvalue weighted by atomic mass is 16.5. The van der Waals surface area contributed by atoms with Gasteiger partial charge in [-0.05, 0) is 106 Å². The molecule has 0 bridgehead atoms. The number of Topliss-reactive ketones (excluding diaryl/α,β-unsaturated/α-hetero) is 2. The van der Waals surface area contributed by atoms with Crippen molar-refractivity contribution in [3.8, 4) is 17.2 Å². The van der Waals surface area contributed by atoms with E-state index in [1.165, 1.54) is 0 Å². The summed E-state index contributed by atoms with van der Waals surface area (Å²) in [4.78, 5) is 36.4. The van der Waals surface area contributed by atoms with E-state index in [4.69, 9.17) is 10.1 Å². The van der Waals surface area contributed by atoms with Crippen molar-refractivity contribution in [1.29, 1.82) is 0 Å². The third kappa shape index (κ3) is 8.69. The van der Waals surface area contributed by atoms with Crippen LogP contribution < -0.4 is 9.72 Å².